The molecule has 4 aliphatic rings. The maximum absolute atomic E-state index is 12.4. The molecular formula is C24H38I3O2V. The first-order valence-electron chi connectivity index (χ1n) is 11.7. The van der Waals surface area contributed by atoms with Crippen molar-refractivity contribution in [2.24, 2.45) is 58.7 Å². The second-order valence-electron chi connectivity index (χ2n) is 10.9. The first-order valence-corrected chi connectivity index (χ1v) is 25.2. The molecule has 0 bridgehead atoms. The summed E-state index contributed by atoms with van der Waals surface area (Å²) in [5, 5.41) is 9.65. The van der Waals surface area contributed by atoms with E-state index in [1.54, 1.807) is 0 Å². The second-order valence-corrected chi connectivity index (χ2v) is 46.3. The summed E-state index contributed by atoms with van der Waals surface area (Å²) in [6, 6.07) is 0. The van der Waals surface area contributed by atoms with Gasteiger partial charge in [0.05, 0.1) is 0 Å². The van der Waals surface area contributed by atoms with Crippen molar-refractivity contribution < 1.29 is 14.8 Å². The zero-order valence-corrected chi connectivity index (χ0v) is 26.8. The van der Waals surface area contributed by atoms with Crippen LogP contribution in [0, 0.1) is 58.7 Å². The average molecular weight is 790 g/mol. The Labute approximate surface area is 221 Å². The number of halogens is 3. The Hall–Kier alpha value is 2.14. The Kier molecular flexibility index (Phi) is 9.65. The van der Waals surface area contributed by atoms with Gasteiger partial charge in [0.25, 0.3) is 0 Å². The third kappa shape index (κ3) is 5.06. The first kappa shape index (κ1) is 26.7. The van der Waals surface area contributed by atoms with Gasteiger partial charge in [-0.2, -0.15) is 0 Å². The number of rotatable bonds is 2. The Balaban J connectivity index is 0.000000589. The Morgan fingerprint density at radius 2 is 1.80 bits per heavy atom. The summed E-state index contributed by atoms with van der Waals surface area (Å²) in [6.45, 7) is 12.3. The number of fused-ring (bicyclic) bond motifs is 5. The van der Waals surface area contributed by atoms with E-state index in [0.29, 0.717) is 35.6 Å². The van der Waals surface area contributed by atoms with E-state index in [-0.39, 0.29) is 10.8 Å². The van der Waals surface area contributed by atoms with Gasteiger partial charge in [0, 0.05) is 12.5 Å². The van der Waals surface area contributed by atoms with Crippen LogP contribution in [-0.4, -0.2) is 17.5 Å². The molecule has 0 aliphatic heterocycles. The number of aliphatic hydroxyl groups is 1. The summed E-state index contributed by atoms with van der Waals surface area (Å²) in [5.41, 5.74) is 1.89. The molecule has 30 heavy (non-hydrogen) atoms. The third-order valence-corrected chi connectivity index (χ3v) is 9.62. The van der Waals surface area contributed by atoms with E-state index in [4.69, 9.17) is 0 Å². The molecule has 0 aromatic rings. The Morgan fingerprint density at radius 1 is 1.17 bits per heavy atom. The number of hydrogen-bond donors (Lipinski definition) is 1. The van der Waals surface area contributed by atoms with Crippen molar-refractivity contribution >= 4 is 65.7 Å². The molecule has 1 N–H and O–H groups in total. The number of hydrogen-bond acceptors (Lipinski definition) is 2. The van der Waals surface area contributed by atoms with E-state index in [9.17, 15) is 9.90 Å². The molecule has 2 nitrogen and oxygen atoms in total. The molecule has 0 aromatic carbocycles. The van der Waals surface area contributed by atoms with Gasteiger partial charge in [0.2, 0.25) is 0 Å². The molecule has 0 amide bonds. The van der Waals surface area contributed by atoms with Crippen LogP contribution in [0.15, 0.2) is 11.6 Å². The van der Waals surface area contributed by atoms with Crippen LogP contribution in [-0.2, 0) is 9.72 Å². The summed E-state index contributed by atoms with van der Waals surface area (Å²) in [5.74, 6) is 6.23. The van der Waals surface area contributed by atoms with Crippen LogP contribution in [0.4, 0.5) is 0 Å². The van der Waals surface area contributed by atoms with Crippen molar-refractivity contribution in [2.75, 3.05) is 6.61 Å². The first-order chi connectivity index (χ1) is 14.0. The van der Waals surface area contributed by atoms with Gasteiger partial charge in [-0.15, -0.1) is 0 Å². The molecule has 6 heteroatoms. The van der Waals surface area contributed by atoms with Crippen molar-refractivity contribution in [3.8, 4) is 0 Å². The molecule has 0 aromatic heterocycles. The number of ketones is 1. The molecule has 4 aliphatic carbocycles. The minimum absolute atomic E-state index is 0.188. The van der Waals surface area contributed by atoms with Crippen molar-refractivity contribution in [1.82, 2.24) is 0 Å². The molecule has 0 saturated heterocycles. The predicted octanol–water partition coefficient (Wildman–Crippen LogP) is 7.77. The molecule has 0 heterocycles. The SMILES string of the molecule is CC1CC2(C)C(CC(C)[C@@H]2CCO)C2CCC3=CC(=O)C(C)C(C)C3C12.[I][V]([I])[I]. The number of carbonyl (C=O) groups is 1. The molecule has 3 fully saturated rings. The third-order valence-electron chi connectivity index (χ3n) is 9.62. The van der Waals surface area contributed by atoms with Gasteiger partial charge in [-0.05, 0) is 90.9 Å². The van der Waals surface area contributed by atoms with Crippen molar-refractivity contribution in [3.05, 3.63) is 11.6 Å². The molecule has 10 atom stereocenters. The zero-order valence-electron chi connectivity index (χ0n) is 19.0. The Morgan fingerprint density at radius 3 is 2.40 bits per heavy atom. The maximum atomic E-state index is 12.4. The van der Waals surface area contributed by atoms with Gasteiger partial charge in [-0.25, -0.2) is 0 Å². The standard InChI is InChI=1S/C24H38O2.3HI.V/c1-13-10-20-18-7-6-17-11-21(26)15(3)16(4)23(17)22(18)14(2)12-24(20,5)19(13)8-9-25;;;;/h11,13-16,18-20,22-23,25H,6-10,12H2,1-5H3;3*1H;/q;;;;+3/p-3/t13?,14?,15?,16?,18?,19-,20?,22?,23?,24?;;;;/m0..../s1. The van der Waals surface area contributed by atoms with Crippen LogP contribution in [0.5, 0.6) is 0 Å². The van der Waals surface area contributed by atoms with Crippen LogP contribution < -0.4 is 0 Å². The van der Waals surface area contributed by atoms with Crippen molar-refractivity contribution in [1.29, 1.82) is 0 Å². The quantitative estimate of drug-likeness (QED) is 0.291. The van der Waals surface area contributed by atoms with Gasteiger partial charge in [0.1, 0.15) is 0 Å². The summed E-state index contributed by atoms with van der Waals surface area (Å²) >= 11 is 7.39. The summed E-state index contributed by atoms with van der Waals surface area (Å²) in [6.07, 6.45) is 8.11. The van der Waals surface area contributed by atoms with Crippen LogP contribution in [0.2, 0.25) is 0 Å². The minimum atomic E-state index is -0.278. The monoisotopic (exact) mass is 790 g/mol. The van der Waals surface area contributed by atoms with Gasteiger partial charge >= 0.3 is 64.9 Å². The van der Waals surface area contributed by atoms with E-state index in [2.05, 4.69) is 94.6 Å². The van der Waals surface area contributed by atoms with E-state index < -0.39 is 0 Å². The van der Waals surface area contributed by atoms with Crippen LogP contribution >= 0.6 is 59.9 Å². The van der Waals surface area contributed by atoms with Crippen LogP contribution in [0.1, 0.15) is 66.7 Å². The number of aliphatic hydroxyl groups excluding tert-OH is 1. The fourth-order valence-corrected chi connectivity index (χ4v) is 8.50. The fourth-order valence-electron chi connectivity index (χ4n) is 8.50. The number of allylic oxidation sites excluding steroid dienone is 1. The predicted molar refractivity (Wildman–Crippen MR) is 148 cm³/mol. The van der Waals surface area contributed by atoms with E-state index in [1.807, 2.05) is 6.08 Å². The van der Waals surface area contributed by atoms with E-state index >= 15 is 0 Å². The van der Waals surface area contributed by atoms with Crippen LogP contribution in [0.25, 0.3) is 0 Å². The molecule has 9 unspecified atom stereocenters. The fraction of sp³-hybridized carbons (Fsp3) is 0.875. The topological polar surface area (TPSA) is 37.3 Å². The van der Waals surface area contributed by atoms with E-state index in [0.717, 1.165) is 42.4 Å². The molecule has 0 spiro atoms. The second kappa shape index (κ2) is 10.8. The van der Waals surface area contributed by atoms with Gasteiger partial charge in [0.15, 0.2) is 5.78 Å². The Bertz CT molecular complexity index is 666. The summed E-state index contributed by atoms with van der Waals surface area (Å²) in [7, 11) is 0. The molecule has 3 saturated carbocycles. The summed E-state index contributed by atoms with van der Waals surface area (Å²) in [4.78, 5) is 12.1. The molecule has 0 radical (unpaired) electrons. The van der Waals surface area contributed by atoms with Gasteiger partial charge < -0.3 is 5.11 Å². The zero-order chi connectivity index (χ0) is 22.4. The van der Waals surface area contributed by atoms with Gasteiger partial charge in [-0.1, -0.05) is 40.2 Å². The normalized spacial score (nSPS) is 47.6. The average Bonchev–Trinajstić information content (AvgIpc) is 2.90. The summed E-state index contributed by atoms with van der Waals surface area (Å²) < 4.78 is 0. The van der Waals surface area contributed by atoms with Gasteiger partial charge in [-0.3, -0.25) is 4.79 Å². The van der Waals surface area contributed by atoms with Crippen molar-refractivity contribution in [2.45, 2.75) is 66.7 Å². The molecule has 4 rings (SSSR count). The van der Waals surface area contributed by atoms with Crippen LogP contribution in [0.3, 0.4) is 0 Å². The molecular weight excluding hydrogens is 752 g/mol. The molecule has 172 valence electrons. The van der Waals surface area contributed by atoms with E-state index in [1.165, 1.54) is 24.8 Å². The van der Waals surface area contributed by atoms with Crippen molar-refractivity contribution in [3.63, 3.8) is 0 Å². The number of carbonyl (C=O) groups excluding carboxylic acids is 1.